The zero-order valence-corrected chi connectivity index (χ0v) is 11.3. The molecule has 0 saturated heterocycles. The first-order valence-electron chi connectivity index (χ1n) is 4.80. The van der Waals surface area contributed by atoms with E-state index in [1.165, 1.54) is 12.1 Å². The third-order valence-electron chi connectivity index (χ3n) is 2.05. The third-order valence-corrected chi connectivity index (χ3v) is 2.70. The van der Waals surface area contributed by atoms with Gasteiger partial charge in [-0.1, -0.05) is 33.6 Å². The fourth-order valence-corrected chi connectivity index (χ4v) is 1.68. The van der Waals surface area contributed by atoms with Crippen LogP contribution in [-0.2, 0) is 4.79 Å². The van der Waals surface area contributed by atoms with Crippen LogP contribution in [0, 0.1) is 0 Å². The Morgan fingerprint density at radius 3 is 2.65 bits per heavy atom. The molecule has 5 heteroatoms. The molecule has 0 aromatic heterocycles. The molecule has 0 radical (unpaired) electrons. The zero-order chi connectivity index (χ0) is 13.0. The summed E-state index contributed by atoms with van der Waals surface area (Å²) < 4.78 is 0. The van der Waals surface area contributed by atoms with Gasteiger partial charge in [-0.15, -0.1) is 0 Å². The highest BCUT2D eigenvalue weighted by molar-refractivity contribution is 9.10. The van der Waals surface area contributed by atoms with E-state index < -0.39 is 5.97 Å². The molecule has 0 aliphatic carbocycles. The number of carbonyl (C=O) groups is 2. The highest BCUT2D eigenvalue weighted by Gasteiger charge is 2.15. The van der Waals surface area contributed by atoms with Crippen molar-refractivity contribution in [3.05, 3.63) is 40.4 Å². The Balaban J connectivity index is 3.21. The SMILES string of the molecule is CC(Br)C(=O)c1cc(Cl)ccc1C=CC(=O)O. The number of alkyl halides is 1. The Labute approximate surface area is 112 Å². The minimum Gasteiger partial charge on any atom is -0.478 e. The maximum atomic E-state index is 11.9. The van der Waals surface area contributed by atoms with Crippen LogP contribution in [0.15, 0.2) is 24.3 Å². The Bertz CT molecular complexity index is 481. The van der Waals surface area contributed by atoms with Crippen LogP contribution in [0.3, 0.4) is 0 Å². The van der Waals surface area contributed by atoms with Crippen molar-refractivity contribution in [1.29, 1.82) is 0 Å². The van der Waals surface area contributed by atoms with E-state index in [0.29, 0.717) is 16.1 Å². The van der Waals surface area contributed by atoms with Crippen LogP contribution in [0.25, 0.3) is 6.08 Å². The summed E-state index contributed by atoms with van der Waals surface area (Å²) in [4.78, 5) is 22.0. The van der Waals surface area contributed by atoms with E-state index >= 15 is 0 Å². The van der Waals surface area contributed by atoms with Gasteiger partial charge in [-0.3, -0.25) is 4.79 Å². The second kappa shape index (κ2) is 5.98. The summed E-state index contributed by atoms with van der Waals surface area (Å²) in [7, 11) is 0. The summed E-state index contributed by atoms with van der Waals surface area (Å²) in [5.41, 5.74) is 0.937. The maximum absolute atomic E-state index is 11.9. The van der Waals surface area contributed by atoms with Crippen molar-refractivity contribution in [2.24, 2.45) is 0 Å². The molecule has 0 bridgehead atoms. The smallest absolute Gasteiger partial charge is 0.328 e. The minimum absolute atomic E-state index is 0.141. The van der Waals surface area contributed by atoms with Gasteiger partial charge in [0.2, 0.25) is 0 Å². The van der Waals surface area contributed by atoms with E-state index in [9.17, 15) is 9.59 Å². The number of hydrogen-bond acceptors (Lipinski definition) is 2. The molecule has 1 rings (SSSR count). The molecule has 17 heavy (non-hydrogen) atoms. The van der Waals surface area contributed by atoms with Gasteiger partial charge in [0.05, 0.1) is 4.83 Å². The van der Waals surface area contributed by atoms with Crippen LogP contribution in [0.2, 0.25) is 5.02 Å². The molecule has 0 amide bonds. The summed E-state index contributed by atoms with van der Waals surface area (Å²) in [5.74, 6) is -1.21. The van der Waals surface area contributed by atoms with Crippen LogP contribution in [-0.4, -0.2) is 21.7 Å². The second-order valence-corrected chi connectivity index (χ2v) is 5.19. The predicted molar refractivity (Wildman–Crippen MR) is 70.8 cm³/mol. The van der Waals surface area contributed by atoms with E-state index in [1.807, 2.05) is 0 Å². The molecule has 0 spiro atoms. The van der Waals surface area contributed by atoms with Crippen LogP contribution < -0.4 is 0 Å². The molecule has 0 fully saturated rings. The number of rotatable bonds is 4. The number of hydrogen-bond donors (Lipinski definition) is 1. The van der Waals surface area contributed by atoms with Gasteiger partial charge >= 0.3 is 5.97 Å². The van der Waals surface area contributed by atoms with Gasteiger partial charge in [0.25, 0.3) is 0 Å². The largest absolute Gasteiger partial charge is 0.478 e. The van der Waals surface area contributed by atoms with Crippen LogP contribution in [0.1, 0.15) is 22.8 Å². The first-order chi connectivity index (χ1) is 7.91. The predicted octanol–water partition coefficient (Wildman–Crippen LogP) is 3.40. The number of carboxylic acid groups (broad SMARTS) is 1. The van der Waals surface area contributed by atoms with Gasteiger partial charge in [-0.25, -0.2) is 4.79 Å². The second-order valence-electron chi connectivity index (χ2n) is 3.38. The summed E-state index contributed by atoms with van der Waals surface area (Å²) in [6.45, 7) is 1.70. The molecule has 1 N–H and O–H groups in total. The van der Waals surface area contributed by atoms with Crippen molar-refractivity contribution in [3.63, 3.8) is 0 Å². The monoisotopic (exact) mass is 316 g/mol. The van der Waals surface area contributed by atoms with Crippen LogP contribution in [0.5, 0.6) is 0 Å². The summed E-state index contributed by atoms with van der Waals surface area (Å²) >= 11 is 9.00. The first kappa shape index (κ1) is 13.9. The topological polar surface area (TPSA) is 54.4 Å². The molecule has 1 unspecified atom stereocenters. The van der Waals surface area contributed by atoms with Crippen LogP contribution >= 0.6 is 27.5 Å². The van der Waals surface area contributed by atoms with Crippen molar-refractivity contribution in [2.45, 2.75) is 11.8 Å². The number of aliphatic carboxylic acids is 1. The number of benzene rings is 1. The standard InChI is InChI=1S/C12H10BrClO3/c1-7(13)12(17)10-6-9(14)4-2-8(10)3-5-11(15)16/h2-7H,1H3,(H,15,16). The zero-order valence-electron chi connectivity index (χ0n) is 8.98. The van der Waals surface area contributed by atoms with Gasteiger partial charge in [0.1, 0.15) is 0 Å². The number of halogens is 2. The quantitative estimate of drug-likeness (QED) is 0.526. The molecule has 0 aliphatic rings. The van der Waals surface area contributed by atoms with Gasteiger partial charge in [-0.05, 0) is 30.7 Å². The van der Waals surface area contributed by atoms with Crippen molar-refractivity contribution in [1.82, 2.24) is 0 Å². The number of carboxylic acids is 1. The van der Waals surface area contributed by atoms with Gasteiger partial charge in [0, 0.05) is 16.7 Å². The average Bonchev–Trinajstić information content (AvgIpc) is 2.26. The Morgan fingerprint density at radius 2 is 2.12 bits per heavy atom. The minimum atomic E-state index is -1.06. The molecular weight excluding hydrogens is 307 g/mol. The first-order valence-corrected chi connectivity index (χ1v) is 6.10. The van der Waals surface area contributed by atoms with Crippen LogP contribution in [0.4, 0.5) is 0 Å². The maximum Gasteiger partial charge on any atom is 0.328 e. The fraction of sp³-hybridized carbons (Fsp3) is 0.167. The number of Topliss-reactive ketones (excluding diaryl/α,β-unsaturated/α-hetero) is 1. The summed E-state index contributed by atoms with van der Waals surface area (Å²) in [6.07, 6.45) is 2.36. The lowest BCUT2D eigenvalue weighted by Crippen LogP contribution is -2.11. The normalized spacial score (nSPS) is 12.6. The van der Waals surface area contributed by atoms with E-state index in [4.69, 9.17) is 16.7 Å². The van der Waals surface area contributed by atoms with Gasteiger partial charge in [0.15, 0.2) is 5.78 Å². The third kappa shape index (κ3) is 3.98. The molecule has 0 heterocycles. The molecular formula is C12H10BrClO3. The van der Waals surface area contributed by atoms with Crippen molar-refractivity contribution >= 4 is 45.4 Å². The van der Waals surface area contributed by atoms with Crippen molar-refractivity contribution in [3.8, 4) is 0 Å². The Kier molecular flexibility index (Phi) is 4.90. The molecule has 90 valence electrons. The molecule has 3 nitrogen and oxygen atoms in total. The Morgan fingerprint density at radius 1 is 1.47 bits per heavy atom. The lowest BCUT2D eigenvalue weighted by atomic mass is 10.0. The van der Waals surface area contributed by atoms with E-state index in [0.717, 1.165) is 6.08 Å². The van der Waals surface area contributed by atoms with E-state index in [-0.39, 0.29) is 10.6 Å². The van der Waals surface area contributed by atoms with E-state index in [2.05, 4.69) is 15.9 Å². The number of ketones is 1. The van der Waals surface area contributed by atoms with Gasteiger partial charge < -0.3 is 5.11 Å². The molecule has 0 aliphatic heterocycles. The van der Waals surface area contributed by atoms with Crippen molar-refractivity contribution in [2.75, 3.05) is 0 Å². The molecule has 0 saturated carbocycles. The highest BCUT2D eigenvalue weighted by atomic mass is 79.9. The summed E-state index contributed by atoms with van der Waals surface area (Å²) in [6, 6.07) is 4.76. The highest BCUT2D eigenvalue weighted by Crippen LogP contribution is 2.21. The molecule has 1 aromatic carbocycles. The lowest BCUT2D eigenvalue weighted by Gasteiger charge is -2.07. The average molecular weight is 318 g/mol. The Hall–Kier alpha value is -1.13. The van der Waals surface area contributed by atoms with Crippen molar-refractivity contribution < 1.29 is 14.7 Å². The van der Waals surface area contributed by atoms with Gasteiger partial charge in [-0.2, -0.15) is 0 Å². The number of carbonyl (C=O) groups excluding carboxylic acids is 1. The lowest BCUT2D eigenvalue weighted by molar-refractivity contribution is -0.131. The fourth-order valence-electron chi connectivity index (χ4n) is 1.26. The van der Waals surface area contributed by atoms with E-state index in [1.54, 1.807) is 19.1 Å². The molecule has 1 aromatic rings. The summed E-state index contributed by atoms with van der Waals surface area (Å²) in [5, 5.41) is 9.00. The molecule has 1 atom stereocenters.